The van der Waals surface area contributed by atoms with Gasteiger partial charge in [-0.2, -0.15) is 0 Å². The van der Waals surface area contributed by atoms with Crippen molar-refractivity contribution in [1.82, 2.24) is 0 Å². The zero-order valence-corrected chi connectivity index (χ0v) is 61.5. The predicted octanol–water partition coefficient (Wildman–Crippen LogP) is 21.3. The first-order valence-corrected chi connectivity index (χ1v) is 41.2. The van der Waals surface area contributed by atoms with Crippen molar-refractivity contribution in [2.75, 3.05) is 39.6 Å². The highest BCUT2D eigenvalue weighted by atomic mass is 31.2. The molecule has 546 valence electrons. The fourth-order valence-electron chi connectivity index (χ4n) is 11.1. The zero-order valence-electron chi connectivity index (χ0n) is 59.7. The van der Waals surface area contributed by atoms with Crippen molar-refractivity contribution in [2.24, 2.45) is 5.92 Å². The molecule has 3 N–H and O–H groups in total. The second-order valence-electron chi connectivity index (χ2n) is 26.6. The van der Waals surface area contributed by atoms with Crippen molar-refractivity contribution >= 4 is 39.5 Å². The fraction of sp³-hybridized carbons (Fsp3) is 0.945. The molecule has 17 nitrogen and oxygen atoms in total. The Morgan fingerprint density at radius 2 is 0.522 bits per heavy atom. The Labute approximate surface area is 562 Å². The molecule has 0 heterocycles. The monoisotopic (exact) mass is 1350 g/mol. The minimum atomic E-state index is -4.95. The number of phosphoric ester groups is 2. The molecule has 0 aromatic heterocycles. The van der Waals surface area contributed by atoms with Gasteiger partial charge < -0.3 is 33.8 Å². The lowest BCUT2D eigenvalue weighted by molar-refractivity contribution is -0.161. The van der Waals surface area contributed by atoms with Crippen LogP contribution in [0, 0.1) is 5.92 Å². The number of unbranched alkanes of at least 4 members (excludes halogenated alkanes) is 44. The highest BCUT2D eigenvalue weighted by Gasteiger charge is 2.30. The third kappa shape index (κ3) is 65.4. The summed E-state index contributed by atoms with van der Waals surface area (Å²) in [5.41, 5.74) is 0. The van der Waals surface area contributed by atoms with Crippen molar-refractivity contribution in [3.8, 4) is 0 Å². The van der Waals surface area contributed by atoms with Crippen molar-refractivity contribution in [3.05, 3.63) is 0 Å². The lowest BCUT2D eigenvalue weighted by Gasteiger charge is -2.21. The summed E-state index contributed by atoms with van der Waals surface area (Å²) in [6.45, 7) is 7.18. The topological polar surface area (TPSA) is 237 Å². The van der Waals surface area contributed by atoms with Crippen molar-refractivity contribution in [2.45, 2.75) is 400 Å². The molecular weight excluding hydrogens is 1210 g/mol. The maximum absolute atomic E-state index is 13.1. The van der Waals surface area contributed by atoms with Gasteiger partial charge in [0.2, 0.25) is 0 Å². The largest absolute Gasteiger partial charge is 0.472 e. The first kappa shape index (κ1) is 90.1. The first-order valence-electron chi connectivity index (χ1n) is 38.2. The smallest absolute Gasteiger partial charge is 0.462 e. The summed E-state index contributed by atoms with van der Waals surface area (Å²) < 4.78 is 68.3. The quantitative estimate of drug-likeness (QED) is 0.0222. The van der Waals surface area contributed by atoms with E-state index in [0.29, 0.717) is 25.7 Å². The van der Waals surface area contributed by atoms with Crippen molar-refractivity contribution < 1.29 is 80.2 Å². The standard InChI is InChI=1S/C73H142O17P2/c1-6-10-13-16-19-21-23-25-27-29-31-33-35-37-39-42-48-53-58-72(77)89-68(63-84-71(76)57-52-47-41-38-36-34-32-30-28-26-24-22-20-17-14-11-7-2)64-87-91(79,80)85-60-67(74)61-86-92(81,82)88-65-69(62-83-70(75)56-51-46-40-18-15-12-8-3)90-73(78)59-54-49-44-43-45-50-55-66(5)9-4/h66-69,74H,6-65H2,1-5H3,(H,79,80)(H,81,82)/t66?,67-,68-,69-/m1/s1. The Bertz CT molecular complexity index is 1770. The number of aliphatic hydroxyl groups excluding tert-OH is 1. The van der Waals surface area contributed by atoms with Gasteiger partial charge in [0, 0.05) is 25.7 Å². The van der Waals surface area contributed by atoms with Crippen LogP contribution in [0.3, 0.4) is 0 Å². The summed E-state index contributed by atoms with van der Waals surface area (Å²) in [5, 5.41) is 10.6. The van der Waals surface area contributed by atoms with Crippen molar-refractivity contribution in [3.63, 3.8) is 0 Å². The molecule has 3 unspecified atom stereocenters. The van der Waals surface area contributed by atoms with Crippen LogP contribution in [0.5, 0.6) is 0 Å². The Morgan fingerprint density at radius 3 is 0.772 bits per heavy atom. The molecule has 6 atom stereocenters. The van der Waals surface area contributed by atoms with E-state index in [9.17, 15) is 43.2 Å². The molecule has 0 fully saturated rings. The third-order valence-corrected chi connectivity index (χ3v) is 19.3. The summed E-state index contributed by atoms with van der Waals surface area (Å²) in [6.07, 6.45) is 54.4. The molecule has 0 spiro atoms. The Morgan fingerprint density at radius 1 is 0.304 bits per heavy atom. The molecule has 0 saturated heterocycles. The van der Waals surface area contributed by atoms with Gasteiger partial charge in [-0.25, -0.2) is 9.13 Å². The number of phosphoric acid groups is 2. The van der Waals surface area contributed by atoms with Crippen molar-refractivity contribution in [1.29, 1.82) is 0 Å². The maximum atomic E-state index is 13.1. The van der Waals surface area contributed by atoms with Crippen LogP contribution < -0.4 is 0 Å². The highest BCUT2D eigenvalue weighted by Crippen LogP contribution is 2.45. The van der Waals surface area contributed by atoms with E-state index in [0.717, 1.165) is 109 Å². The van der Waals surface area contributed by atoms with Crippen LogP contribution in [-0.2, 0) is 65.4 Å². The summed E-state index contributed by atoms with van der Waals surface area (Å²) in [5.74, 6) is -1.40. The van der Waals surface area contributed by atoms with Gasteiger partial charge in [-0.3, -0.25) is 37.3 Å². The number of hydrogen-bond acceptors (Lipinski definition) is 15. The van der Waals surface area contributed by atoms with Crippen LogP contribution in [0.4, 0.5) is 0 Å². The molecule has 0 amide bonds. The number of esters is 4. The molecule has 0 bridgehead atoms. The first-order chi connectivity index (χ1) is 44.6. The number of rotatable bonds is 73. The Balaban J connectivity index is 5.18. The number of hydrogen-bond donors (Lipinski definition) is 3. The molecule has 92 heavy (non-hydrogen) atoms. The molecule has 19 heteroatoms. The molecule has 0 radical (unpaired) electrons. The van der Waals surface area contributed by atoms with E-state index in [1.54, 1.807) is 0 Å². The Hall–Kier alpha value is -1.94. The van der Waals surface area contributed by atoms with Gasteiger partial charge in [0.05, 0.1) is 26.4 Å². The van der Waals surface area contributed by atoms with Crippen LogP contribution >= 0.6 is 15.6 Å². The minimum absolute atomic E-state index is 0.103. The zero-order chi connectivity index (χ0) is 67.7. The normalized spacial score (nSPS) is 14.3. The summed E-state index contributed by atoms with van der Waals surface area (Å²) in [4.78, 5) is 72.5. The van der Waals surface area contributed by atoms with Crippen LogP contribution in [0.15, 0.2) is 0 Å². The highest BCUT2D eigenvalue weighted by molar-refractivity contribution is 7.47. The molecule has 0 aliphatic carbocycles. The van der Waals surface area contributed by atoms with E-state index >= 15 is 0 Å². The van der Waals surface area contributed by atoms with E-state index in [-0.39, 0.29) is 25.7 Å². The fourth-order valence-corrected chi connectivity index (χ4v) is 12.7. The third-order valence-electron chi connectivity index (χ3n) is 17.4. The van der Waals surface area contributed by atoms with Gasteiger partial charge in [0.25, 0.3) is 0 Å². The molecule has 0 aliphatic heterocycles. The van der Waals surface area contributed by atoms with Gasteiger partial charge >= 0.3 is 39.5 Å². The van der Waals surface area contributed by atoms with Gasteiger partial charge in [-0.1, -0.05) is 330 Å². The summed E-state index contributed by atoms with van der Waals surface area (Å²) >= 11 is 0. The van der Waals surface area contributed by atoms with E-state index in [2.05, 4.69) is 34.6 Å². The number of carbonyl (C=O) groups excluding carboxylic acids is 4. The van der Waals surface area contributed by atoms with E-state index in [1.807, 2.05) is 0 Å². The van der Waals surface area contributed by atoms with Crippen LogP contribution in [0.1, 0.15) is 381 Å². The summed E-state index contributed by atoms with van der Waals surface area (Å²) in [7, 11) is -9.90. The number of ether oxygens (including phenoxy) is 4. The SMILES string of the molecule is CCCCCCCCCCCCCCCCCCCCC(=O)O[C@H](COC(=O)CCCCCCCCCCCCCCCCCCC)COP(=O)(O)OC[C@@H](O)COP(=O)(O)OC[C@@H](COC(=O)CCCCCCCCC)OC(=O)CCCCCCCCC(C)CC. The molecular formula is C73H142O17P2. The number of aliphatic hydroxyl groups is 1. The van der Waals surface area contributed by atoms with E-state index < -0.39 is 97.5 Å². The van der Waals surface area contributed by atoms with E-state index in [1.165, 1.54) is 193 Å². The predicted molar refractivity (Wildman–Crippen MR) is 372 cm³/mol. The molecule has 0 saturated carbocycles. The Kier molecular flexibility index (Phi) is 64.9. The molecule has 0 aromatic carbocycles. The van der Waals surface area contributed by atoms with Gasteiger partial charge in [-0.05, 0) is 31.6 Å². The van der Waals surface area contributed by atoms with Crippen LogP contribution in [0.25, 0.3) is 0 Å². The minimum Gasteiger partial charge on any atom is -0.462 e. The van der Waals surface area contributed by atoms with Gasteiger partial charge in [0.15, 0.2) is 12.2 Å². The average molecular weight is 1350 g/mol. The molecule has 0 rings (SSSR count). The van der Waals surface area contributed by atoms with E-state index in [4.69, 9.17) is 37.0 Å². The van der Waals surface area contributed by atoms with Crippen LogP contribution in [-0.4, -0.2) is 96.7 Å². The van der Waals surface area contributed by atoms with Gasteiger partial charge in [-0.15, -0.1) is 0 Å². The summed E-state index contributed by atoms with van der Waals surface area (Å²) in [6, 6.07) is 0. The average Bonchev–Trinajstić information content (AvgIpc) is 3.27. The second kappa shape index (κ2) is 66.3. The van der Waals surface area contributed by atoms with Gasteiger partial charge in [0.1, 0.15) is 19.3 Å². The maximum Gasteiger partial charge on any atom is 0.472 e. The number of carbonyl (C=O) groups is 4. The lowest BCUT2D eigenvalue weighted by atomic mass is 10.00. The molecule has 0 aliphatic rings. The lowest BCUT2D eigenvalue weighted by Crippen LogP contribution is -2.30. The second-order valence-corrected chi connectivity index (χ2v) is 29.5. The van der Waals surface area contributed by atoms with Crippen LogP contribution in [0.2, 0.25) is 0 Å². The molecule has 0 aromatic rings.